The molecular formula is C26H31N3O3S2. The number of hydrogen-bond acceptors (Lipinski definition) is 7. The number of nitrogens with one attached hydrogen (secondary N) is 1. The number of esters is 1. The van der Waals surface area contributed by atoms with Crippen LogP contribution in [-0.4, -0.2) is 29.2 Å². The van der Waals surface area contributed by atoms with Crippen molar-refractivity contribution in [3.8, 4) is 6.07 Å². The molecule has 0 unspecified atom stereocenters. The third-order valence-corrected chi connectivity index (χ3v) is 8.56. The molecule has 2 aromatic heterocycles. The summed E-state index contributed by atoms with van der Waals surface area (Å²) in [4.78, 5) is 31.5. The van der Waals surface area contributed by atoms with Crippen molar-refractivity contribution in [3.05, 3.63) is 38.9 Å². The molecule has 0 saturated heterocycles. The number of thiophene rings is 1. The lowest BCUT2D eigenvalue weighted by molar-refractivity contribution is -0.115. The van der Waals surface area contributed by atoms with Gasteiger partial charge in [-0.1, -0.05) is 12.8 Å². The Morgan fingerprint density at radius 2 is 1.91 bits per heavy atom. The maximum absolute atomic E-state index is 12.8. The van der Waals surface area contributed by atoms with Gasteiger partial charge in [0, 0.05) is 22.7 Å². The van der Waals surface area contributed by atoms with Crippen LogP contribution in [0.1, 0.15) is 89.5 Å². The fraction of sp³-hybridized carbons (Fsp3) is 0.538. The van der Waals surface area contributed by atoms with E-state index in [2.05, 4.69) is 11.4 Å². The third-order valence-electron chi connectivity index (χ3n) is 6.36. The smallest absolute Gasteiger partial charge is 0.341 e. The van der Waals surface area contributed by atoms with Gasteiger partial charge in [-0.25, -0.2) is 9.78 Å². The first-order chi connectivity index (χ1) is 16.6. The molecule has 2 aromatic rings. The number of carbonyl (C=O) groups excluding carboxylic acids is 2. The minimum absolute atomic E-state index is 0.135. The molecular weight excluding hydrogens is 466 g/mol. The molecule has 0 radical (unpaired) electrons. The lowest BCUT2D eigenvalue weighted by Gasteiger charge is -2.16. The average Bonchev–Trinajstić information content (AvgIpc) is 3.14. The number of fused-ring (bicyclic) bond motifs is 2. The Kier molecular flexibility index (Phi) is 8.63. The Bertz CT molecular complexity index is 1100. The van der Waals surface area contributed by atoms with Crippen LogP contribution in [-0.2, 0) is 35.2 Å². The number of nitriles is 1. The first-order valence-electron chi connectivity index (χ1n) is 12.3. The molecule has 0 saturated carbocycles. The molecule has 8 heteroatoms. The van der Waals surface area contributed by atoms with Gasteiger partial charge in [-0.3, -0.25) is 4.79 Å². The Hall–Kier alpha value is -2.37. The van der Waals surface area contributed by atoms with Gasteiger partial charge < -0.3 is 10.1 Å². The summed E-state index contributed by atoms with van der Waals surface area (Å²) in [5.74, 6) is 0.0393. The second-order valence-corrected chi connectivity index (χ2v) is 10.9. The van der Waals surface area contributed by atoms with Gasteiger partial charge >= 0.3 is 5.97 Å². The van der Waals surface area contributed by atoms with E-state index in [9.17, 15) is 14.9 Å². The number of carbonyl (C=O) groups is 2. The van der Waals surface area contributed by atoms with Crippen molar-refractivity contribution in [3.63, 3.8) is 0 Å². The fourth-order valence-corrected chi connectivity index (χ4v) is 6.87. The van der Waals surface area contributed by atoms with Gasteiger partial charge in [0.25, 0.3) is 0 Å². The van der Waals surface area contributed by atoms with E-state index >= 15 is 0 Å². The number of pyridine rings is 1. The largest absolute Gasteiger partial charge is 0.462 e. The van der Waals surface area contributed by atoms with Crippen molar-refractivity contribution in [2.45, 2.75) is 82.6 Å². The Morgan fingerprint density at radius 3 is 2.71 bits per heavy atom. The van der Waals surface area contributed by atoms with Crippen molar-refractivity contribution in [1.29, 1.82) is 5.26 Å². The monoisotopic (exact) mass is 497 g/mol. The van der Waals surface area contributed by atoms with Crippen molar-refractivity contribution in [1.82, 2.24) is 4.98 Å². The van der Waals surface area contributed by atoms with Gasteiger partial charge in [-0.2, -0.15) is 5.26 Å². The Balaban J connectivity index is 1.44. The fourth-order valence-electron chi connectivity index (χ4n) is 4.66. The van der Waals surface area contributed by atoms with Gasteiger partial charge in [0.15, 0.2) is 0 Å². The van der Waals surface area contributed by atoms with Crippen molar-refractivity contribution >= 4 is 40.0 Å². The second-order valence-electron chi connectivity index (χ2n) is 8.76. The average molecular weight is 498 g/mol. The van der Waals surface area contributed by atoms with Crippen molar-refractivity contribution in [2.75, 3.05) is 17.7 Å². The normalized spacial score (nSPS) is 15.3. The van der Waals surface area contributed by atoms with Crippen molar-refractivity contribution < 1.29 is 14.3 Å². The van der Waals surface area contributed by atoms with E-state index in [1.54, 1.807) is 6.92 Å². The minimum atomic E-state index is -0.345. The molecule has 0 fully saturated rings. The first kappa shape index (κ1) is 24.7. The highest BCUT2D eigenvalue weighted by molar-refractivity contribution is 7.99. The van der Waals surface area contributed by atoms with Crippen LogP contribution in [0.5, 0.6) is 0 Å². The summed E-state index contributed by atoms with van der Waals surface area (Å²) in [6.07, 6.45) is 10.8. The number of ether oxygens (including phenoxy) is 1. The Labute approximate surface area is 209 Å². The number of nitrogens with zero attached hydrogens (tertiary/aromatic N) is 2. The van der Waals surface area contributed by atoms with E-state index in [-0.39, 0.29) is 18.3 Å². The number of rotatable bonds is 7. The summed E-state index contributed by atoms with van der Waals surface area (Å²) in [7, 11) is 0. The van der Waals surface area contributed by atoms with Crippen LogP contribution in [0.4, 0.5) is 5.00 Å². The van der Waals surface area contributed by atoms with E-state index in [0.717, 1.165) is 69.0 Å². The van der Waals surface area contributed by atoms with E-state index in [1.807, 2.05) is 6.07 Å². The number of aromatic nitrogens is 1. The molecule has 0 spiro atoms. The number of hydrogen-bond donors (Lipinski definition) is 1. The van der Waals surface area contributed by atoms with E-state index in [1.165, 1.54) is 40.0 Å². The van der Waals surface area contributed by atoms with Crippen LogP contribution in [0, 0.1) is 11.3 Å². The SMILES string of the molecule is CCOC(=O)c1c(NC(=O)CCSc2nc3c(cc2C#N)CCCC3)sc2c1CCCCCC2. The zero-order valence-corrected chi connectivity index (χ0v) is 21.3. The van der Waals surface area contributed by atoms with Crippen LogP contribution < -0.4 is 5.32 Å². The van der Waals surface area contributed by atoms with Gasteiger partial charge in [-0.05, 0) is 75.5 Å². The molecule has 2 aliphatic carbocycles. The van der Waals surface area contributed by atoms with Gasteiger partial charge in [0.2, 0.25) is 5.91 Å². The molecule has 34 heavy (non-hydrogen) atoms. The van der Waals surface area contributed by atoms with Crippen LogP contribution in [0.2, 0.25) is 0 Å². The second kappa shape index (κ2) is 11.9. The predicted molar refractivity (Wildman–Crippen MR) is 136 cm³/mol. The van der Waals surface area contributed by atoms with Crippen LogP contribution in [0.3, 0.4) is 0 Å². The predicted octanol–water partition coefficient (Wildman–Crippen LogP) is 5.85. The lowest BCUT2D eigenvalue weighted by atomic mass is 9.95. The van der Waals surface area contributed by atoms with Crippen molar-refractivity contribution in [2.24, 2.45) is 0 Å². The Morgan fingerprint density at radius 1 is 1.15 bits per heavy atom. The maximum Gasteiger partial charge on any atom is 0.341 e. The van der Waals surface area contributed by atoms with Gasteiger partial charge in [-0.15, -0.1) is 23.1 Å². The highest BCUT2D eigenvalue weighted by Crippen LogP contribution is 2.38. The maximum atomic E-state index is 12.8. The molecule has 1 N–H and O–H groups in total. The topological polar surface area (TPSA) is 92.1 Å². The van der Waals surface area contributed by atoms with Gasteiger partial charge in [0.1, 0.15) is 16.1 Å². The summed E-state index contributed by atoms with van der Waals surface area (Å²) in [6, 6.07) is 4.23. The molecule has 0 bridgehead atoms. The first-order valence-corrected chi connectivity index (χ1v) is 14.1. The molecule has 180 valence electrons. The molecule has 4 rings (SSSR count). The summed E-state index contributed by atoms with van der Waals surface area (Å²) >= 11 is 2.98. The number of anilines is 1. The van der Waals surface area contributed by atoms with E-state index in [4.69, 9.17) is 9.72 Å². The molecule has 2 aliphatic rings. The number of aryl methyl sites for hydroxylation is 3. The zero-order valence-electron chi connectivity index (χ0n) is 19.7. The third kappa shape index (κ3) is 5.81. The number of thioether (sulfide) groups is 1. The highest BCUT2D eigenvalue weighted by atomic mass is 32.2. The molecule has 1 amide bonds. The summed E-state index contributed by atoms with van der Waals surface area (Å²) < 4.78 is 5.33. The summed E-state index contributed by atoms with van der Waals surface area (Å²) in [6.45, 7) is 2.11. The molecule has 0 aromatic carbocycles. The minimum Gasteiger partial charge on any atom is -0.462 e. The van der Waals surface area contributed by atoms with E-state index < -0.39 is 0 Å². The van der Waals surface area contributed by atoms with Gasteiger partial charge in [0.05, 0.1) is 17.7 Å². The summed E-state index contributed by atoms with van der Waals surface area (Å²) in [5, 5.41) is 13.9. The number of amides is 1. The molecule has 2 heterocycles. The zero-order chi connectivity index (χ0) is 23.9. The molecule has 0 atom stereocenters. The van der Waals surface area contributed by atoms with Crippen LogP contribution in [0.25, 0.3) is 0 Å². The molecule has 0 aliphatic heterocycles. The van der Waals surface area contributed by atoms with Crippen LogP contribution in [0.15, 0.2) is 11.1 Å². The molecule has 6 nitrogen and oxygen atoms in total. The standard InChI is InChI=1S/C26H31N3O3S2/c1-2-32-26(31)23-19-10-5-3-4-6-12-21(19)34-25(23)29-22(30)13-14-33-24-18(16-27)15-17-9-7-8-11-20(17)28-24/h15H,2-14H2,1H3,(H,29,30). The quantitative estimate of drug-likeness (QED) is 0.381. The van der Waals surface area contributed by atoms with Crippen LogP contribution >= 0.6 is 23.1 Å². The van der Waals surface area contributed by atoms with E-state index in [0.29, 0.717) is 33.5 Å². The lowest BCUT2D eigenvalue weighted by Crippen LogP contribution is -2.16. The summed E-state index contributed by atoms with van der Waals surface area (Å²) in [5.41, 5.74) is 4.48. The highest BCUT2D eigenvalue weighted by Gasteiger charge is 2.26.